The first-order valence-corrected chi connectivity index (χ1v) is 9.87. The smallest absolute Gasteiger partial charge is 0.413 e. The van der Waals surface area contributed by atoms with E-state index in [2.05, 4.69) is 10.3 Å². The van der Waals surface area contributed by atoms with Crippen molar-refractivity contribution >= 4 is 40.1 Å². The maximum atomic E-state index is 11.9. The third kappa shape index (κ3) is 7.88. The molecule has 158 valence electrons. The molecule has 0 unspecified atom stereocenters. The van der Waals surface area contributed by atoms with E-state index in [9.17, 15) is 19.5 Å². The largest absolute Gasteiger partial charge is 0.545 e. The van der Waals surface area contributed by atoms with Crippen LogP contribution < -0.4 is 10.4 Å². The highest BCUT2D eigenvalue weighted by Gasteiger charge is 2.12. The van der Waals surface area contributed by atoms with Crippen LogP contribution in [0.3, 0.4) is 0 Å². The minimum absolute atomic E-state index is 0.0652. The Morgan fingerprint density at radius 2 is 1.87 bits per heavy atom. The van der Waals surface area contributed by atoms with Gasteiger partial charge in [0, 0.05) is 11.0 Å². The van der Waals surface area contributed by atoms with Gasteiger partial charge in [0.1, 0.15) is 13.2 Å². The number of carboxylic acids is 1. The molecule has 1 heterocycles. The lowest BCUT2D eigenvalue weighted by molar-refractivity contribution is -0.295. The molecule has 1 N–H and O–H groups in total. The highest BCUT2D eigenvalue weighted by molar-refractivity contribution is 7.14. The number of aromatic nitrogens is 1. The van der Waals surface area contributed by atoms with Gasteiger partial charge in [0.2, 0.25) is 0 Å². The molecule has 0 saturated heterocycles. The van der Waals surface area contributed by atoms with Crippen molar-refractivity contribution in [2.75, 3.05) is 11.9 Å². The molecule has 2 rings (SSSR count). The zero-order valence-corrected chi connectivity index (χ0v) is 17.4. The summed E-state index contributed by atoms with van der Waals surface area (Å²) >= 11 is 1.02. The zero-order chi connectivity index (χ0) is 21.9. The Hall–Kier alpha value is -3.46. The number of nitrogens with zero attached hydrogens (tertiary/aromatic N) is 1. The van der Waals surface area contributed by atoms with E-state index in [0.29, 0.717) is 0 Å². The fourth-order valence-corrected chi connectivity index (χ4v) is 2.84. The third-order valence-electron chi connectivity index (χ3n) is 3.63. The Bertz CT molecular complexity index is 945. The number of carbonyl (C=O) groups is 3. The van der Waals surface area contributed by atoms with E-state index in [4.69, 9.17) is 9.47 Å². The number of esters is 1. The van der Waals surface area contributed by atoms with Crippen LogP contribution in [-0.2, 0) is 25.7 Å². The molecule has 1 aromatic heterocycles. The summed E-state index contributed by atoms with van der Waals surface area (Å²) in [7, 11) is 0. The van der Waals surface area contributed by atoms with Gasteiger partial charge in [-0.25, -0.2) is 9.78 Å². The summed E-state index contributed by atoms with van der Waals surface area (Å²) in [5, 5.41) is 15.4. The molecule has 0 aliphatic rings. The van der Waals surface area contributed by atoms with E-state index in [1.165, 1.54) is 11.5 Å². The predicted molar refractivity (Wildman–Crippen MR) is 110 cm³/mol. The maximum absolute atomic E-state index is 11.9. The molecule has 8 nitrogen and oxygen atoms in total. The van der Waals surface area contributed by atoms with Gasteiger partial charge in [-0.15, -0.1) is 11.3 Å². The number of aliphatic carboxylic acids is 1. The highest BCUT2D eigenvalue weighted by atomic mass is 32.1. The lowest BCUT2D eigenvalue weighted by Gasteiger charge is -2.06. The number of carboxylic acid groups (broad SMARTS) is 1. The normalized spacial score (nSPS) is 10.8. The maximum Gasteiger partial charge on any atom is 0.413 e. The van der Waals surface area contributed by atoms with Gasteiger partial charge in [0.25, 0.3) is 0 Å². The van der Waals surface area contributed by atoms with Crippen molar-refractivity contribution in [3.8, 4) is 0 Å². The summed E-state index contributed by atoms with van der Waals surface area (Å²) in [6.45, 7) is 3.94. The van der Waals surface area contributed by atoms with Crippen molar-refractivity contribution in [2.24, 2.45) is 0 Å². The monoisotopic (exact) mass is 429 g/mol. The van der Waals surface area contributed by atoms with Crippen molar-refractivity contribution in [3.05, 3.63) is 64.7 Å². The number of anilines is 1. The van der Waals surface area contributed by atoms with E-state index < -0.39 is 18.0 Å². The molecule has 2 aromatic rings. The Morgan fingerprint density at radius 1 is 1.13 bits per heavy atom. The summed E-state index contributed by atoms with van der Waals surface area (Å²) in [5.41, 5.74) is 1.62. The molecule has 0 aliphatic carbocycles. The van der Waals surface area contributed by atoms with E-state index in [1.54, 1.807) is 6.08 Å². The molecule has 0 atom stereocenters. The fraction of sp³-hybridized carbons (Fsp3) is 0.238. The van der Waals surface area contributed by atoms with Gasteiger partial charge < -0.3 is 19.4 Å². The summed E-state index contributed by atoms with van der Waals surface area (Å²) < 4.78 is 10.1. The van der Waals surface area contributed by atoms with Crippen molar-refractivity contribution < 1.29 is 29.0 Å². The average molecular weight is 429 g/mol. The van der Waals surface area contributed by atoms with Crippen LogP contribution in [0.25, 0.3) is 5.57 Å². The van der Waals surface area contributed by atoms with E-state index in [0.717, 1.165) is 22.5 Å². The van der Waals surface area contributed by atoms with Crippen LogP contribution in [0.1, 0.15) is 31.5 Å². The van der Waals surface area contributed by atoms with E-state index in [1.807, 2.05) is 44.2 Å². The van der Waals surface area contributed by atoms with Crippen molar-refractivity contribution in [1.82, 2.24) is 4.98 Å². The quantitative estimate of drug-likeness (QED) is 0.370. The minimum atomic E-state index is -1.49. The first kappa shape index (κ1) is 22.8. The molecule has 0 aliphatic heterocycles. The number of thiazole rings is 1. The van der Waals surface area contributed by atoms with Crippen LogP contribution in [0.2, 0.25) is 0 Å². The minimum Gasteiger partial charge on any atom is -0.545 e. The van der Waals surface area contributed by atoms with Crippen LogP contribution in [0.15, 0.2) is 53.4 Å². The van der Waals surface area contributed by atoms with Gasteiger partial charge in [-0.3, -0.25) is 10.1 Å². The average Bonchev–Trinajstić information content (AvgIpc) is 3.14. The number of allylic oxidation sites excluding steroid dienone is 1. The second-order valence-electron chi connectivity index (χ2n) is 6.30. The van der Waals surface area contributed by atoms with E-state index in [-0.39, 0.29) is 36.0 Å². The van der Waals surface area contributed by atoms with Gasteiger partial charge in [0.05, 0.1) is 18.1 Å². The zero-order valence-electron chi connectivity index (χ0n) is 16.5. The number of benzene rings is 1. The SMILES string of the molecule is CC(C)=CCOC(=O)C/C=C(\C(=O)[O-])c1csc(NC(=O)OCc2ccccc2)n1. The highest BCUT2D eigenvalue weighted by Crippen LogP contribution is 2.22. The molecule has 30 heavy (non-hydrogen) atoms. The van der Waals surface area contributed by atoms with Gasteiger partial charge >= 0.3 is 12.1 Å². The van der Waals surface area contributed by atoms with Gasteiger partial charge in [-0.2, -0.15) is 0 Å². The summed E-state index contributed by atoms with van der Waals surface area (Å²) in [6.07, 6.45) is 1.93. The standard InChI is InChI=1S/C21H22N2O6S/c1-14(2)10-11-28-18(24)9-8-16(19(25)26)17-13-30-20(22-17)23-21(27)29-12-15-6-4-3-5-7-15/h3-8,10,13H,9,11-12H2,1-2H3,(H,25,26)(H,22,23,27)/p-1/b16-8-. The Labute approximate surface area is 177 Å². The molecule has 1 aromatic carbocycles. The number of hydrogen-bond donors (Lipinski definition) is 1. The molecule has 0 bridgehead atoms. The third-order valence-corrected chi connectivity index (χ3v) is 4.39. The molecule has 0 radical (unpaired) electrons. The second kappa shape index (κ2) is 11.5. The molecular weight excluding hydrogens is 408 g/mol. The van der Waals surface area contributed by atoms with Crippen LogP contribution in [0.4, 0.5) is 9.93 Å². The van der Waals surface area contributed by atoms with Crippen molar-refractivity contribution in [1.29, 1.82) is 0 Å². The topological polar surface area (TPSA) is 118 Å². The molecule has 0 fully saturated rings. The molecule has 1 amide bonds. The number of amides is 1. The Morgan fingerprint density at radius 3 is 2.53 bits per heavy atom. The summed E-state index contributed by atoms with van der Waals surface area (Å²) in [4.78, 5) is 39.1. The number of nitrogens with one attached hydrogen (secondary N) is 1. The van der Waals surface area contributed by atoms with Crippen LogP contribution in [0.5, 0.6) is 0 Å². The fourth-order valence-electron chi connectivity index (χ4n) is 2.14. The van der Waals surface area contributed by atoms with Crippen LogP contribution >= 0.6 is 11.3 Å². The number of rotatable bonds is 9. The molecule has 9 heteroatoms. The molecule has 0 spiro atoms. The first-order valence-electron chi connectivity index (χ1n) is 8.99. The molecule has 0 saturated carbocycles. The molecular formula is C21H21N2O6S-. The van der Waals surface area contributed by atoms with Crippen LogP contribution in [-0.4, -0.2) is 29.6 Å². The summed E-state index contributed by atoms with van der Waals surface area (Å²) in [5.74, 6) is -2.07. The van der Waals surface area contributed by atoms with E-state index >= 15 is 0 Å². The number of ether oxygens (including phenoxy) is 2. The second-order valence-corrected chi connectivity index (χ2v) is 7.16. The number of carbonyl (C=O) groups excluding carboxylic acids is 3. The first-order chi connectivity index (χ1) is 14.3. The Kier molecular flexibility index (Phi) is 8.76. The van der Waals surface area contributed by atoms with Crippen LogP contribution in [0, 0.1) is 0 Å². The van der Waals surface area contributed by atoms with Crippen molar-refractivity contribution in [3.63, 3.8) is 0 Å². The van der Waals surface area contributed by atoms with Gasteiger partial charge in [0.15, 0.2) is 5.13 Å². The Balaban J connectivity index is 1.93. The lowest BCUT2D eigenvalue weighted by Crippen LogP contribution is -2.24. The lowest BCUT2D eigenvalue weighted by atomic mass is 10.1. The van der Waals surface area contributed by atoms with Crippen molar-refractivity contribution in [2.45, 2.75) is 26.9 Å². The predicted octanol–water partition coefficient (Wildman–Crippen LogP) is 2.92. The summed E-state index contributed by atoms with van der Waals surface area (Å²) in [6, 6.07) is 9.14. The van der Waals surface area contributed by atoms with Gasteiger partial charge in [-0.1, -0.05) is 42.0 Å². The number of hydrogen-bond acceptors (Lipinski definition) is 8. The van der Waals surface area contributed by atoms with Gasteiger partial charge in [-0.05, 0) is 25.5 Å².